The monoisotopic (exact) mass is 239 g/mol. The first-order valence-electron chi connectivity index (χ1n) is 5.08. The first-order chi connectivity index (χ1) is 8.08. The third-order valence-corrected chi connectivity index (χ3v) is 2.52. The molecular weight excluding hydrogens is 226 g/mol. The highest BCUT2D eigenvalue weighted by Crippen LogP contribution is 2.16. The molecule has 0 aromatic carbocycles. The maximum Gasteiger partial charge on any atom is 0.432 e. The Bertz CT molecular complexity index is 442. The molecule has 8 heteroatoms. The van der Waals surface area contributed by atoms with Crippen LogP contribution >= 0.6 is 0 Å². The number of rotatable bonds is 0. The first kappa shape index (κ1) is 11.4. The maximum atomic E-state index is 11.6. The number of nitrogens with two attached hydrogens (primary N) is 1. The SMILES string of the molecule is CN(N)C(=O)OC(=O)N1CCc2[nH]ncc2C1. The lowest BCUT2D eigenvalue weighted by Crippen LogP contribution is -2.41. The summed E-state index contributed by atoms with van der Waals surface area (Å²) in [6.07, 6.45) is 0.745. The van der Waals surface area contributed by atoms with Gasteiger partial charge in [-0.25, -0.2) is 20.4 Å². The van der Waals surface area contributed by atoms with Crippen molar-refractivity contribution in [1.82, 2.24) is 20.1 Å². The molecule has 3 N–H and O–H groups in total. The van der Waals surface area contributed by atoms with Crippen LogP contribution < -0.4 is 5.84 Å². The molecule has 17 heavy (non-hydrogen) atoms. The number of nitrogens with one attached hydrogen (secondary N) is 1. The van der Waals surface area contributed by atoms with E-state index >= 15 is 0 Å². The van der Waals surface area contributed by atoms with Crippen LogP contribution in [0.25, 0.3) is 0 Å². The van der Waals surface area contributed by atoms with Gasteiger partial charge in [-0.2, -0.15) is 5.10 Å². The smallest absolute Gasteiger partial charge is 0.358 e. The summed E-state index contributed by atoms with van der Waals surface area (Å²) < 4.78 is 4.56. The van der Waals surface area contributed by atoms with E-state index in [0.717, 1.165) is 11.3 Å². The molecule has 92 valence electrons. The van der Waals surface area contributed by atoms with Crippen LogP contribution in [-0.2, 0) is 17.7 Å². The summed E-state index contributed by atoms with van der Waals surface area (Å²) in [5.74, 6) is 5.15. The van der Waals surface area contributed by atoms with Gasteiger partial charge in [-0.3, -0.25) is 5.10 Å². The van der Waals surface area contributed by atoms with E-state index in [2.05, 4.69) is 14.9 Å². The van der Waals surface area contributed by atoms with Gasteiger partial charge in [0.1, 0.15) is 0 Å². The number of carbonyl (C=O) groups excluding carboxylic acids is 2. The highest BCUT2D eigenvalue weighted by molar-refractivity contribution is 5.83. The zero-order chi connectivity index (χ0) is 12.4. The van der Waals surface area contributed by atoms with Crippen LogP contribution in [0.3, 0.4) is 0 Å². The summed E-state index contributed by atoms with van der Waals surface area (Å²) in [7, 11) is 1.31. The number of ether oxygens (including phenoxy) is 1. The van der Waals surface area contributed by atoms with Crippen molar-refractivity contribution < 1.29 is 14.3 Å². The summed E-state index contributed by atoms with van der Waals surface area (Å²) in [6, 6.07) is 0. The minimum absolute atomic E-state index is 0.381. The van der Waals surface area contributed by atoms with Crippen LogP contribution in [0.4, 0.5) is 9.59 Å². The van der Waals surface area contributed by atoms with Crippen molar-refractivity contribution in [3.05, 3.63) is 17.5 Å². The quantitative estimate of drug-likeness (QED) is 0.283. The van der Waals surface area contributed by atoms with Crippen LogP contribution in [0, 0.1) is 0 Å². The van der Waals surface area contributed by atoms with Crippen LogP contribution in [0.5, 0.6) is 0 Å². The number of nitrogens with zero attached hydrogens (tertiary/aromatic N) is 3. The van der Waals surface area contributed by atoms with E-state index in [0.29, 0.717) is 24.5 Å². The third kappa shape index (κ3) is 2.36. The molecule has 0 fully saturated rings. The van der Waals surface area contributed by atoms with Gasteiger partial charge in [0.2, 0.25) is 0 Å². The van der Waals surface area contributed by atoms with E-state index in [1.165, 1.54) is 11.9 Å². The summed E-state index contributed by atoms with van der Waals surface area (Å²) >= 11 is 0. The summed E-state index contributed by atoms with van der Waals surface area (Å²) in [4.78, 5) is 24.1. The van der Waals surface area contributed by atoms with Crippen molar-refractivity contribution in [2.45, 2.75) is 13.0 Å². The second-order valence-corrected chi connectivity index (χ2v) is 3.79. The zero-order valence-electron chi connectivity index (χ0n) is 9.34. The number of fused-ring (bicyclic) bond motifs is 1. The molecule has 0 saturated carbocycles. The molecule has 0 unspecified atom stereocenters. The lowest BCUT2D eigenvalue weighted by Gasteiger charge is -2.25. The summed E-state index contributed by atoms with van der Waals surface area (Å²) in [5, 5.41) is 7.45. The van der Waals surface area contributed by atoms with Gasteiger partial charge in [0.25, 0.3) is 0 Å². The van der Waals surface area contributed by atoms with Gasteiger partial charge >= 0.3 is 12.2 Å². The van der Waals surface area contributed by atoms with Crippen molar-refractivity contribution in [2.75, 3.05) is 13.6 Å². The van der Waals surface area contributed by atoms with Crippen molar-refractivity contribution in [2.24, 2.45) is 5.84 Å². The van der Waals surface area contributed by atoms with Gasteiger partial charge in [-0.05, 0) is 0 Å². The Morgan fingerprint density at radius 1 is 1.65 bits per heavy atom. The molecule has 0 radical (unpaired) electrons. The topological polar surface area (TPSA) is 105 Å². The zero-order valence-corrected chi connectivity index (χ0v) is 9.34. The number of carbonyl (C=O) groups is 2. The Kier molecular flexibility index (Phi) is 2.96. The van der Waals surface area contributed by atoms with Gasteiger partial charge < -0.3 is 9.64 Å². The lowest BCUT2D eigenvalue weighted by atomic mass is 10.1. The fourth-order valence-electron chi connectivity index (χ4n) is 1.59. The Morgan fingerprint density at radius 2 is 2.41 bits per heavy atom. The predicted molar refractivity (Wildman–Crippen MR) is 56.5 cm³/mol. The predicted octanol–water partition coefficient (Wildman–Crippen LogP) is -0.170. The van der Waals surface area contributed by atoms with E-state index in [1.54, 1.807) is 6.20 Å². The number of H-pyrrole nitrogens is 1. The molecule has 0 aliphatic carbocycles. The van der Waals surface area contributed by atoms with E-state index in [4.69, 9.17) is 5.84 Å². The van der Waals surface area contributed by atoms with Gasteiger partial charge in [0.15, 0.2) is 0 Å². The number of hydrogen-bond donors (Lipinski definition) is 2. The maximum absolute atomic E-state index is 11.6. The average molecular weight is 239 g/mol. The normalized spacial score (nSPS) is 14.1. The van der Waals surface area contributed by atoms with Crippen LogP contribution in [-0.4, -0.2) is 45.9 Å². The minimum atomic E-state index is -0.881. The number of hydrazine groups is 1. The number of amides is 2. The molecule has 2 amide bonds. The minimum Gasteiger partial charge on any atom is -0.358 e. The number of hydrogen-bond acceptors (Lipinski definition) is 5. The molecule has 2 rings (SSSR count). The van der Waals surface area contributed by atoms with Crippen LogP contribution in [0.1, 0.15) is 11.3 Å². The molecule has 0 saturated heterocycles. The molecule has 1 aliphatic heterocycles. The second kappa shape index (κ2) is 4.42. The fraction of sp³-hybridized carbons (Fsp3) is 0.444. The Morgan fingerprint density at radius 3 is 3.12 bits per heavy atom. The lowest BCUT2D eigenvalue weighted by molar-refractivity contribution is 0.0959. The largest absolute Gasteiger partial charge is 0.432 e. The number of aromatic nitrogens is 2. The van der Waals surface area contributed by atoms with E-state index < -0.39 is 12.2 Å². The van der Waals surface area contributed by atoms with Gasteiger partial charge in [-0.1, -0.05) is 0 Å². The highest BCUT2D eigenvalue weighted by Gasteiger charge is 2.25. The molecule has 1 aliphatic rings. The summed E-state index contributed by atoms with van der Waals surface area (Å²) in [6.45, 7) is 0.863. The van der Waals surface area contributed by atoms with Crippen molar-refractivity contribution in [1.29, 1.82) is 0 Å². The Balaban J connectivity index is 1.97. The highest BCUT2D eigenvalue weighted by atomic mass is 16.6. The second-order valence-electron chi connectivity index (χ2n) is 3.79. The van der Waals surface area contributed by atoms with Gasteiger partial charge in [-0.15, -0.1) is 0 Å². The number of aromatic amines is 1. The molecule has 1 aromatic rings. The molecule has 0 atom stereocenters. The first-order valence-corrected chi connectivity index (χ1v) is 5.08. The van der Waals surface area contributed by atoms with Gasteiger partial charge in [0.05, 0.1) is 12.7 Å². The molecule has 2 heterocycles. The van der Waals surface area contributed by atoms with Gasteiger partial charge in [0, 0.05) is 31.3 Å². The molecule has 0 bridgehead atoms. The molecular formula is C9H13N5O3. The van der Waals surface area contributed by atoms with E-state index in [1.807, 2.05) is 0 Å². The molecule has 8 nitrogen and oxygen atoms in total. The van der Waals surface area contributed by atoms with Crippen molar-refractivity contribution in [3.63, 3.8) is 0 Å². The van der Waals surface area contributed by atoms with Crippen LogP contribution in [0.2, 0.25) is 0 Å². The molecule has 1 aromatic heterocycles. The fourth-order valence-corrected chi connectivity index (χ4v) is 1.59. The average Bonchev–Trinajstić information content (AvgIpc) is 2.75. The standard InChI is InChI=1S/C9H13N5O3/c1-13(10)8(15)17-9(16)14-3-2-7-6(5-14)4-11-12-7/h4H,2-3,5,10H2,1H3,(H,11,12). The molecule has 0 spiro atoms. The van der Waals surface area contributed by atoms with Crippen LogP contribution in [0.15, 0.2) is 6.20 Å². The Labute approximate surface area is 97.3 Å². The Hall–Kier alpha value is -2.09. The van der Waals surface area contributed by atoms with E-state index in [9.17, 15) is 9.59 Å². The third-order valence-electron chi connectivity index (χ3n) is 2.52. The van der Waals surface area contributed by atoms with E-state index in [-0.39, 0.29) is 0 Å². The summed E-state index contributed by atoms with van der Waals surface area (Å²) in [5.41, 5.74) is 1.94. The van der Waals surface area contributed by atoms with Crippen molar-refractivity contribution >= 4 is 12.2 Å². The van der Waals surface area contributed by atoms with Crippen molar-refractivity contribution in [3.8, 4) is 0 Å².